The second-order valence-corrected chi connectivity index (χ2v) is 7.50. The van der Waals surface area contributed by atoms with Crippen molar-refractivity contribution in [2.45, 2.75) is 17.6 Å². The van der Waals surface area contributed by atoms with Gasteiger partial charge in [-0.05, 0) is 36.2 Å². The van der Waals surface area contributed by atoms with Crippen molar-refractivity contribution in [1.29, 1.82) is 0 Å². The molecule has 7 nitrogen and oxygen atoms in total. The average molecular weight is 414 g/mol. The van der Waals surface area contributed by atoms with Crippen LogP contribution >= 0.6 is 11.8 Å². The van der Waals surface area contributed by atoms with Gasteiger partial charge in [-0.2, -0.15) is 0 Å². The third-order valence-corrected chi connectivity index (χ3v) is 5.65. The van der Waals surface area contributed by atoms with Gasteiger partial charge in [0.15, 0.2) is 17.8 Å². The van der Waals surface area contributed by atoms with Crippen molar-refractivity contribution in [3.8, 4) is 11.5 Å². The Kier molecular flexibility index (Phi) is 6.13. The summed E-state index contributed by atoms with van der Waals surface area (Å²) in [5.41, 5.74) is 2.40. The monoisotopic (exact) mass is 414 g/mol. The number of thioether (sulfide) groups is 1. The van der Waals surface area contributed by atoms with E-state index in [-0.39, 0.29) is 12.4 Å². The van der Waals surface area contributed by atoms with E-state index in [4.69, 9.17) is 30.6 Å². The second kappa shape index (κ2) is 8.94. The number of fused-ring (bicyclic) bond motifs is 1. The molecule has 0 saturated heterocycles. The number of nitrogens with zero attached hydrogens (tertiary/aromatic N) is 2. The average Bonchev–Trinajstić information content (AvgIpc) is 3.37. The lowest BCUT2D eigenvalue weighted by molar-refractivity contribution is -0.121. The van der Waals surface area contributed by atoms with Crippen LogP contribution in [0.3, 0.4) is 0 Å². The fourth-order valence-electron chi connectivity index (χ4n) is 2.93. The van der Waals surface area contributed by atoms with Crippen LogP contribution < -0.4 is 9.47 Å². The van der Waals surface area contributed by atoms with E-state index in [0.29, 0.717) is 18.2 Å². The predicted molar refractivity (Wildman–Crippen MR) is 110 cm³/mol. The third kappa shape index (κ3) is 4.60. The summed E-state index contributed by atoms with van der Waals surface area (Å²) in [5, 5.41) is 6.49. The number of hydrogen-bond acceptors (Lipinski definition) is 8. The maximum absolute atomic E-state index is 6.16. The molecule has 1 atom stereocenters. The number of hydrazone groups is 1. The van der Waals surface area contributed by atoms with Crippen LogP contribution in [0.25, 0.3) is 0 Å². The van der Waals surface area contributed by atoms with Gasteiger partial charge in [-0.3, -0.25) is 0 Å². The smallest absolute Gasteiger partial charge is 0.241 e. The zero-order chi connectivity index (χ0) is 20.2. The molecule has 4 rings (SSSR count). The van der Waals surface area contributed by atoms with E-state index in [1.54, 1.807) is 26.0 Å². The maximum atomic E-state index is 6.16. The van der Waals surface area contributed by atoms with Gasteiger partial charge in [0.05, 0.1) is 6.54 Å². The Hall–Kier alpha value is -2.42. The van der Waals surface area contributed by atoms with E-state index >= 15 is 0 Å². The number of methoxy groups -OCH3 is 2. The molecule has 8 heteroatoms. The highest BCUT2D eigenvalue weighted by atomic mass is 32.2. The van der Waals surface area contributed by atoms with Crippen LogP contribution in [-0.4, -0.2) is 50.3 Å². The Labute approximate surface area is 174 Å². The zero-order valence-corrected chi connectivity index (χ0v) is 17.1. The molecule has 0 fully saturated rings. The van der Waals surface area contributed by atoms with Gasteiger partial charge in [0.2, 0.25) is 18.3 Å². The third-order valence-electron chi connectivity index (χ3n) is 4.53. The largest absolute Gasteiger partial charge is 0.454 e. The van der Waals surface area contributed by atoms with Gasteiger partial charge in [0, 0.05) is 25.5 Å². The molecule has 2 radical (unpaired) electrons. The predicted octanol–water partition coefficient (Wildman–Crippen LogP) is 3.30. The minimum absolute atomic E-state index is 0.224. The van der Waals surface area contributed by atoms with Crippen LogP contribution in [-0.2, 0) is 20.0 Å². The first kappa shape index (κ1) is 19.9. The van der Waals surface area contributed by atoms with E-state index < -0.39 is 6.29 Å². The molecule has 0 amide bonds. The lowest BCUT2D eigenvalue weighted by Crippen LogP contribution is -2.34. The molecule has 0 spiro atoms. The molecular formula is C21H22N2O5S. The zero-order valence-electron chi connectivity index (χ0n) is 16.2. The molecule has 0 aromatic heterocycles. The summed E-state index contributed by atoms with van der Waals surface area (Å²) in [6, 6.07) is 13.4. The Morgan fingerprint density at radius 3 is 2.66 bits per heavy atom. The van der Waals surface area contributed by atoms with Crippen LogP contribution in [0.15, 0.2) is 47.6 Å². The van der Waals surface area contributed by atoms with Gasteiger partial charge in [-0.25, -0.2) is 5.01 Å². The van der Waals surface area contributed by atoms with Crippen molar-refractivity contribution >= 4 is 17.7 Å². The molecule has 2 aliphatic rings. The van der Waals surface area contributed by atoms with Crippen molar-refractivity contribution in [1.82, 2.24) is 5.01 Å². The van der Waals surface area contributed by atoms with E-state index in [1.165, 1.54) is 0 Å². The molecule has 152 valence electrons. The topological polar surface area (TPSA) is 61.8 Å². The summed E-state index contributed by atoms with van der Waals surface area (Å²) >= 11 is 1.62. The molecule has 2 aromatic carbocycles. The molecular weight excluding hydrogens is 392 g/mol. The standard InChI is InChI=1S/C21H22N2O5S/c1-14-4-6-15(7-5-14)12-29-21-23(11-19(24-2)25-3)22-20(28-21)16-8-9-17-18(10-16)27-13-26-17/h1,4-10,19,21H,11-13H2,2-3H3. The summed E-state index contributed by atoms with van der Waals surface area (Å²) in [7, 11) is 3.20. The molecule has 0 bridgehead atoms. The lowest BCUT2D eigenvalue weighted by atomic mass is 10.2. The Morgan fingerprint density at radius 1 is 1.14 bits per heavy atom. The number of rotatable bonds is 8. The van der Waals surface area contributed by atoms with Crippen molar-refractivity contribution < 1.29 is 23.7 Å². The van der Waals surface area contributed by atoms with Gasteiger partial charge in [0.1, 0.15) is 0 Å². The van der Waals surface area contributed by atoms with Crippen LogP contribution in [0, 0.1) is 6.92 Å². The van der Waals surface area contributed by atoms with E-state index in [0.717, 1.165) is 28.2 Å². The van der Waals surface area contributed by atoms with Crippen molar-refractivity contribution in [3.05, 3.63) is 66.1 Å². The van der Waals surface area contributed by atoms with Crippen molar-refractivity contribution in [2.24, 2.45) is 5.10 Å². The highest BCUT2D eigenvalue weighted by molar-refractivity contribution is 7.98. The maximum Gasteiger partial charge on any atom is 0.241 e. The molecule has 29 heavy (non-hydrogen) atoms. The summed E-state index contributed by atoms with van der Waals surface area (Å²) in [6.07, 6.45) is -0.418. The second-order valence-electron chi connectivity index (χ2n) is 6.47. The molecule has 0 aliphatic carbocycles. The highest BCUT2D eigenvalue weighted by Gasteiger charge is 2.32. The molecule has 0 N–H and O–H groups in total. The van der Waals surface area contributed by atoms with Gasteiger partial charge in [0.25, 0.3) is 0 Å². The van der Waals surface area contributed by atoms with Gasteiger partial charge < -0.3 is 23.7 Å². The van der Waals surface area contributed by atoms with Gasteiger partial charge in [-0.15, -0.1) is 5.10 Å². The van der Waals surface area contributed by atoms with Crippen LogP contribution in [0.4, 0.5) is 0 Å². The lowest BCUT2D eigenvalue weighted by Gasteiger charge is -2.24. The fraction of sp³-hybridized carbons (Fsp3) is 0.333. The summed E-state index contributed by atoms with van der Waals surface area (Å²) in [4.78, 5) is 0. The number of benzene rings is 2. The van der Waals surface area contributed by atoms with Gasteiger partial charge >= 0.3 is 0 Å². The molecule has 2 aromatic rings. The number of ether oxygens (including phenoxy) is 5. The fourth-order valence-corrected chi connectivity index (χ4v) is 3.92. The first-order chi connectivity index (χ1) is 14.2. The number of hydrogen-bond donors (Lipinski definition) is 0. The van der Waals surface area contributed by atoms with E-state index in [9.17, 15) is 0 Å². The van der Waals surface area contributed by atoms with Crippen molar-refractivity contribution in [3.63, 3.8) is 0 Å². The van der Waals surface area contributed by atoms with E-state index in [1.807, 2.05) is 47.5 Å². The SMILES string of the molecule is [CH]c1ccc(CSC2OC(c3ccc4c(c3)OCO4)=NN2CC(OC)OC)cc1. The summed E-state index contributed by atoms with van der Waals surface area (Å²) in [6.45, 7) is 6.42. The first-order valence-corrected chi connectivity index (χ1v) is 10.1. The summed E-state index contributed by atoms with van der Waals surface area (Å²) < 4.78 is 27.7. The quantitative estimate of drug-likeness (QED) is 0.614. The Morgan fingerprint density at radius 2 is 1.90 bits per heavy atom. The minimum atomic E-state index is -0.418. The molecule has 0 saturated carbocycles. The molecule has 2 heterocycles. The molecule has 1 unspecified atom stereocenters. The normalized spacial score (nSPS) is 17.6. The summed E-state index contributed by atoms with van der Waals surface area (Å²) in [5.74, 6) is 2.67. The van der Waals surface area contributed by atoms with Gasteiger partial charge in [-0.1, -0.05) is 36.0 Å². The Balaban J connectivity index is 1.50. The van der Waals surface area contributed by atoms with Crippen molar-refractivity contribution in [2.75, 3.05) is 27.6 Å². The van der Waals surface area contributed by atoms with Crippen LogP contribution in [0.1, 0.15) is 16.7 Å². The highest BCUT2D eigenvalue weighted by Crippen LogP contribution is 2.35. The first-order valence-electron chi connectivity index (χ1n) is 9.10. The van der Waals surface area contributed by atoms with Crippen LogP contribution in [0.2, 0.25) is 0 Å². The molecule has 2 aliphatic heterocycles. The Bertz CT molecular complexity index is 870. The minimum Gasteiger partial charge on any atom is -0.454 e. The van der Waals surface area contributed by atoms with Crippen LogP contribution in [0.5, 0.6) is 11.5 Å². The van der Waals surface area contributed by atoms with E-state index in [2.05, 4.69) is 5.10 Å².